The molecule has 0 radical (unpaired) electrons. The van der Waals surface area contributed by atoms with Gasteiger partial charge in [-0.05, 0) is 12.8 Å². The van der Waals surface area contributed by atoms with Crippen LogP contribution < -0.4 is 16.2 Å². The molecule has 0 aromatic carbocycles. The van der Waals surface area contributed by atoms with Crippen LogP contribution >= 0.6 is 0 Å². The molecule has 2 heterocycles. The number of hydrogen-bond donors (Lipinski definition) is 3. The molecule has 0 aliphatic carbocycles. The largest absolute Gasteiger partial charge is 0.365 e. The minimum absolute atomic E-state index is 0.750. The Morgan fingerprint density at radius 1 is 0.909 bits per heavy atom. The van der Waals surface area contributed by atoms with Crippen LogP contribution in [0.4, 0.5) is 0 Å². The molecule has 4 heteroatoms. The van der Waals surface area contributed by atoms with Gasteiger partial charge >= 0.3 is 0 Å². The van der Waals surface area contributed by atoms with Crippen molar-refractivity contribution in [1.82, 2.24) is 16.2 Å². The van der Waals surface area contributed by atoms with E-state index >= 15 is 0 Å². The van der Waals surface area contributed by atoms with Gasteiger partial charge in [0, 0.05) is 19.6 Å². The van der Waals surface area contributed by atoms with Gasteiger partial charge in [-0.3, -0.25) is 16.2 Å². The summed E-state index contributed by atoms with van der Waals surface area (Å²) in [5.74, 6) is 0. The molecule has 66 valence electrons. The highest BCUT2D eigenvalue weighted by Gasteiger charge is 1.92. The first-order valence-corrected chi connectivity index (χ1v) is 4.24. The van der Waals surface area contributed by atoms with E-state index in [4.69, 9.17) is 4.74 Å². The highest BCUT2D eigenvalue weighted by atomic mass is 16.5. The summed E-state index contributed by atoms with van der Waals surface area (Å²) in [5.41, 5.74) is 6.07. The third-order valence-corrected chi connectivity index (χ3v) is 1.61. The van der Waals surface area contributed by atoms with Crippen molar-refractivity contribution in [2.75, 3.05) is 33.0 Å². The maximum absolute atomic E-state index is 4.83. The smallest absolute Gasteiger partial charge is 0.0966 e. The molecule has 0 atom stereocenters. The zero-order chi connectivity index (χ0) is 7.78. The molecule has 0 saturated carbocycles. The Bertz CT molecular complexity index is 62.6. The van der Waals surface area contributed by atoms with E-state index < -0.39 is 0 Å². The van der Waals surface area contributed by atoms with Gasteiger partial charge in [-0.2, -0.15) is 0 Å². The van der Waals surface area contributed by atoms with Gasteiger partial charge in [0.1, 0.15) is 0 Å². The number of ether oxygens (including phenoxy) is 1. The molecular formula is C7H17N3O. The first-order valence-electron chi connectivity index (χ1n) is 4.24. The lowest BCUT2D eigenvalue weighted by Crippen LogP contribution is -2.37. The van der Waals surface area contributed by atoms with Crippen molar-refractivity contribution in [1.29, 1.82) is 0 Å². The number of hydrazine groups is 1. The van der Waals surface area contributed by atoms with Gasteiger partial charge in [0.2, 0.25) is 0 Å². The van der Waals surface area contributed by atoms with E-state index in [0.29, 0.717) is 0 Å². The molecule has 0 aromatic heterocycles. The molecule has 3 N–H and O–H groups in total. The molecule has 0 aromatic rings. The van der Waals surface area contributed by atoms with Crippen molar-refractivity contribution in [2.24, 2.45) is 0 Å². The van der Waals surface area contributed by atoms with Crippen LogP contribution in [0.1, 0.15) is 12.8 Å². The van der Waals surface area contributed by atoms with Crippen molar-refractivity contribution in [2.45, 2.75) is 12.8 Å². The fourth-order valence-corrected chi connectivity index (χ4v) is 0.964. The van der Waals surface area contributed by atoms with Gasteiger partial charge in [0.15, 0.2) is 0 Å². The zero-order valence-electron chi connectivity index (χ0n) is 6.86. The second-order valence-electron chi connectivity index (χ2n) is 2.61. The van der Waals surface area contributed by atoms with Crippen molar-refractivity contribution in [3.63, 3.8) is 0 Å². The SMILES string of the molecule is C1CCNNC1.C1COCN1. The number of nitrogens with one attached hydrogen (secondary N) is 3. The fourth-order valence-electron chi connectivity index (χ4n) is 0.964. The molecular weight excluding hydrogens is 142 g/mol. The standard InChI is InChI=1S/C4H10N2.C3H7NO/c1-2-4-6-5-3-1;1-2-5-3-4-1/h5-6H,1-4H2;4H,1-3H2. The highest BCUT2D eigenvalue weighted by Crippen LogP contribution is 1.85. The van der Waals surface area contributed by atoms with Crippen LogP contribution in [-0.2, 0) is 4.74 Å². The lowest BCUT2D eigenvalue weighted by Gasteiger charge is -2.10. The van der Waals surface area contributed by atoms with E-state index in [1.807, 2.05) is 0 Å². The van der Waals surface area contributed by atoms with E-state index in [-0.39, 0.29) is 0 Å². The van der Waals surface area contributed by atoms with Crippen molar-refractivity contribution in [3.05, 3.63) is 0 Å². The van der Waals surface area contributed by atoms with Crippen LogP contribution in [-0.4, -0.2) is 33.0 Å². The van der Waals surface area contributed by atoms with Gasteiger partial charge in [0.05, 0.1) is 13.3 Å². The third-order valence-electron chi connectivity index (χ3n) is 1.61. The minimum atomic E-state index is 0.750. The van der Waals surface area contributed by atoms with Gasteiger partial charge < -0.3 is 4.74 Å². The van der Waals surface area contributed by atoms with Gasteiger partial charge in [0.25, 0.3) is 0 Å². The summed E-state index contributed by atoms with van der Waals surface area (Å²) >= 11 is 0. The van der Waals surface area contributed by atoms with Gasteiger partial charge in [-0.25, -0.2) is 0 Å². The van der Waals surface area contributed by atoms with Crippen LogP contribution in [0.15, 0.2) is 0 Å². The maximum Gasteiger partial charge on any atom is 0.0966 e. The Morgan fingerprint density at radius 2 is 1.64 bits per heavy atom. The van der Waals surface area contributed by atoms with E-state index in [2.05, 4.69) is 16.2 Å². The molecule has 0 unspecified atom stereocenters. The second kappa shape index (κ2) is 6.54. The Balaban J connectivity index is 0.000000112. The summed E-state index contributed by atoms with van der Waals surface area (Å²) in [6, 6.07) is 0. The quantitative estimate of drug-likeness (QED) is 0.443. The molecule has 2 saturated heterocycles. The average molecular weight is 159 g/mol. The maximum atomic E-state index is 4.83. The van der Waals surface area contributed by atoms with E-state index in [9.17, 15) is 0 Å². The summed E-state index contributed by atoms with van der Waals surface area (Å²) in [6.45, 7) is 4.94. The number of rotatable bonds is 0. The summed E-state index contributed by atoms with van der Waals surface area (Å²) in [6.07, 6.45) is 2.65. The van der Waals surface area contributed by atoms with Crippen molar-refractivity contribution >= 4 is 0 Å². The normalized spacial score (nSPS) is 24.0. The van der Waals surface area contributed by atoms with Crippen LogP contribution in [0.2, 0.25) is 0 Å². The molecule has 2 fully saturated rings. The molecule has 0 amide bonds. The van der Waals surface area contributed by atoms with Crippen LogP contribution in [0, 0.1) is 0 Å². The minimum Gasteiger partial charge on any atom is -0.365 e. The molecule has 2 aliphatic rings. The lowest BCUT2D eigenvalue weighted by molar-refractivity contribution is 0.194. The van der Waals surface area contributed by atoms with Crippen molar-refractivity contribution < 1.29 is 4.74 Å². The molecule has 2 rings (SSSR count). The van der Waals surface area contributed by atoms with Gasteiger partial charge in [-0.15, -0.1) is 0 Å². The average Bonchev–Trinajstić information content (AvgIpc) is 2.64. The molecule has 4 nitrogen and oxygen atoms in total. The Morgan fingerprint density at radius 3 is 1.82 bits per heavy atom. The predicted octanol–water partition coefficient (Wildman–Crippen LogP) is -0.562. The topological polar surface area (TPSA) is 45.3 Å². The molecule has 11 heavy (non-hydrogen) atoms. The summed E-state index contributed by atoms with van der Waals surface area (Å²) in [7, 11) is 0. The Hall–Kier alpha value is -0.160. The monoisotopic (exact) mass is 159 g/mol. The fraction of sp³-hybridized carbons (Fsp3) is 1.00. The predicted molar refractivity (Wildman–Crippen MR) is 44.1 cm³/mol. The first-order chi connectivity index (χ1) is 5.50. The summed E-state index contributed by atoms with van der Waals surface area (Å²) in [5, 5.41) is 3.00. The molecule has 0 spiro atoms. The van der Waals surface area contributed by atoms with E-state index in [1.165, 1.54) is 12.8 Å². The first kappa shape index (κ1) is 8.93. The van der Waals surface area contributed by atoms with E-state index in [0.717, 1.165) is 33.0 Å². The Labute approximate surface area is 67.7 Å². The molecule has 2 aliphatic heterocycles. The second-order valence-corrected chi connectivity index (χ2v) is 2.61. The van der Waals surface area contributed by atoms with Crippen LogP contribution in [0.5, 0.6) is 0 Å². The summed E-state index contributed by atoms with van der Waals surface area (Å²) < 4.78 is 4.83. The van der Waals surface area contributed by atoms with Crippen LogP contribution in [0.25, 0.3) is 0 Å². The third kappa shape index (κ3) is 5.15. The van der Waals surface area contributed by atoms with Crippen molar-refractivity contribution in [3.8, 4) is 0 Å². The van der Waals surface area contributed by atoms with Gasteiger partial charge in [-0.1, -0.05) is 0 Å². The van der Waals surface area contributed by atoms with E-state index in [1.54, 1.807) is 0 Å². The highest BCUT2D eigenvalue weighted by molar-refractivity contribution is 4.51. The molecule has 0 bridgehead atoms. The lowest BCUT2D eigenvalue weighted by atomic mass is 10.3. The van der Waals surface area contributed by atoms with Crippen LogP contribution in [0.3, 0.4) is 0 Å². The summed E-state index contributed by atoms with van der Waals surface area (Å²) in [4.78, 5) is 0. The zero-order valence-corrected chi connectivity index (χ0v) is 6.86. The number of hydrogen-bond acceptors (Lipinski definition) is 4. The Kier molecular flexibility index (Phi) is 5.31.